The summed E-state index contributed by atoms with van der Waals surface area (Å²) in [7, 11) is 0. The molecule has 5 nitrogen and oxygen atoms in total. The van der Waals surface area contributed by atoms with E-state index in [4.69, 9.17) is 4.74 Å². The molecule has 0 radical (unpaired) electrons. The van der Waals surface area contributed by atoms with Crippen LogP contribution in [0.4, 0.5) is 0 Å². The van der Waals surface area contributed by atoms with Gasteiger partial charge in [-0.2, -0.15) is 0 Å². The van der Waals surface area contributed by atoms with Crippen molar-refractivity contribution in [2.75, 3.05) is 45.9 Å². The quantitative estimate of drug-likeness (QED) is 0.823. The first-order valence-corrected chi connectivity index (χ1v) is 7.78. The zero-order valence-corrected chi connectivity index (χ0v) is 12.4. The molecule has 3 heterocycles. The van der Waals surface area contributed by atoms with E-state index in [-0.39, 0.29) is 5.91 Å². The van der Waals surface area contributed by atoms with E-state index in [2.05, 4.69) is 16.0 Å². The Morgan fingerprint density at radius 2 is 2.19 bits per heavy atom. The molecule has 1 atom stereocenters. The Balaban J connectivity index is 1.46. The van der Waals surface area contributed by atoms with Crippen LogP contribution in [0.5, 0.6) is 0 Å². The fraction of sp³-hybridized carbons (Fsp3) is 0.625. The van der Waals surface area contributed by atoms with Crippen LogP contribution in [0.15, 0.2) is 24.5 Å². The number of ether oxygens (including phenoxy) is 1. The lowest BCUT2D eigenvalue weighted by molar-refractivity contribution is -0.132. The molecule has 3 rings (SSSR count). The van der Waals surface area contributed by atoms with Crippen molar-refractivity contribution < 1.29 is 9.53 Å². The van der Waals surface area contributed by atoms with E-state index >= 15 is 0 Å². The van der Waals surface area contributed by atoms with Crippen LogP contribution in [-0.4, -0.2) is 66.6 Å². The number of nitrogens with zero attached hydrogens (tertiary/aromatic N) is 3. The van der Waals surface area contributed by atoms with Crippen LogP contribution >= 0.6 is 0 Å². The smallest absolute Gasteiger partial charge is 0.236 e. The molecule has 2 aliphatic heterocycles. The van der Waals surface area contributed by atoms with Crippen molar-refractivity contribution in [3.8, 4) is 0 Å². The summed E-state index contributed by atoms with van der Waals surface area (Å²) in [5.74, 6) is 0.841. The summed E-state index contributed by atoms with van der Waals surface area (Å²) >= 11 is 0. The standard InChI is InChI=1S/C16H23N3O2/c20-16(13-18-6-8-21-9-7-18)19-5-3-15(12-19)10-14-2-1-4-17-11-14/h1-2,4,11,15H,3,5-10,12-13H2. The molecule has 2 aliphatic rings. The van der Waals surface area contributed by atoms with Crippen LogP contribution in [0.1, 0.15) is 12.0 Å². The van der Waals surface area contributed by atoms with Crippen LogP contribution in [0.25, 0.3) is 0 Å². The topological polar surface area (TPSA) is 45.7 Å². The summed E-state index contributed by atoms with van der Waals surface area (Å²) in [6.07, 6.45) is 5.85. The number of carbonyl (C=O) groups is 1. The lowest BCUT2D eigenvalue weighted by Gasteiger charge is -2.28. The van der Waals surface area contributed by atoms with Crippen molar-refractivity contribution in [3.05, 3.63) is 30.1 Å². The Morgan fingerprint density at radius 1 is 1.33 bits per heavy atom. The highest BCUT2D eigenvalue weighted by molar-refractivity contribution is 5.78. The predicted molar refractivity (Wildman–Crippen MR) is 79.9 cm³/mol. The van der Waals surface area contributed by atoms with Gasteiger partial charge >= 0.3 is 0 Å². The van der Waals surface area contributed by atoms with E-state index in [1.54, 1.807) is 6.20 Å². The van der Waals surface area contributed by atoms with Gasteiger partial charge in [0.2, 0.25) is 5.91 Å². The van der Waals surface area contributed by atoms with Gasteiger partial charge in [0.1, 0.15) is 0 Å². The number of morpholine rings is 1. The Labute approximate surface area is 125 Å². The second kappa shape index (κ2) is 7.00. The fourth-order valence-electron chi connectivity index (χ4n) is 3.13. The molecule has 1 unspecified atom stereocenters. The zero-order chi connectivity index (χ0) is 14.5. The summed E-state index contributed by atoms with van der Waals surface area (Å²) in [5.41, 5.74) is 1.27. The van der Waals surface area contributed by atoms with E-state index in [1.807, 2.05) is 17.2 Å². The molecule has 114 valence electrons. The minimum atomic E-state index is 0.269. The van der Waals surface area contributed by atoms with Crippen molar-refractivity contribution >= 4 is 5.91 Å². The maximum atomic E-state index is 12.3. The Hall–Kier alpha value is -1.46. The van der Waals surface area contributed by atoms with Crippen molar-refractivity contribution in [2.45, 2.75) is 12.8 Å². The Kier molecular flexibility index (Phi) is 4.83. The van der Waals surface area contributed by atoms with Gasteiger partial charge < -0.3 is 9.64 Å². The first-order valence-electron chi connectivity index (χ1n) is 7.78. The van der Waals surface area contributed by atoms with Crippen molar-refractivity contribution in [3.63, 3.8) is 0 Å². The molecule has 21 heavy (non-hydrogen) atoms. The third-order valence-electron chi connectivity index (χ3n) is 4.35. The fourth-order valence-corrected chi connectivity index (χ4v) is 3.13. The molecule has 5 heteroatoms. The first-order chi connectivity index (χ1) is 10.3. The minimum absolute atomic E-state index is 0.269. The van der Waals surface area contributed by atoms with E-state index in [0.29, 0.717) is 12.5 Å². The van der Waals surface area contributed by atoms with Gasteiger partial charge in [-0.15, -0.1) is 0 Å². The second-order valence-corrected chi connectivity index (χ2v) is 5.95. The predicted octanol–water partition coefficient (Wildman–Crippen LogP) is 0.805. The molecule has 2 fully saturated rings. The van der Waals surface area contributed by atoms with Crippen LogP contribution in [0.2, 0.25) is 0 Å². The molecule has 1 aromatic heterocycles. The highest BCUT2D eigenvalue weighted by atomic mass is 16.5. The summed E-state index contributed by atoms with van der Waals surface area (Å²) < 4.78 is 5.32. The van der Waals surface area contributed by atoms with Gasteiger partial charge in [0.25, 0.3) is 0 Å². The van der Waals surface area contributed by atoms with Gasteiger partial charge in [0.15, 0.2) is 0 Å². The molecular formula is C16H23N3O2. The second-order valence-electron chi connectivity index (χ2n) is 5.95. The third-order valence-corrected chi connectivity index (χ3v) is 4.35. The lowest BCUT2D eigenvalue weighted by Crippen LogP contribution is -2.44. The van der Waals surface area contributed by atoms with E-state index in [0.717, 1.165) is 52.2 Å². The molecule has 0 bridgehead atoms. The number of carbonyl (C=O) groups excluding carboxylic acids is 1. The van der Waals surface area contributed by atoms with Crippen molar-refractivity contribution in [1.82, 2.24) is 14.8 Å². The van der Waals surface area contributed by atoms with E-state index < -0.39 is 0 Å². The number of hydrogen-bond acceptors (Lipinski definition) is 4. The summed E-state index contributed by atoms with van der Waals surface area (Å²) in [6.45, 7) is 5.57. The third kappa shape index (κ3) is 4.02. The van der Waals surface area contributed by atoms with Crippen LogP contribution in [0.3, 0.4) is 0 Å². The van der Waals surface area contributed by atoms with Crippen LogP contribution < -0.4 is 0 Å². The van der Waals surface area contributed by atoms with Gasteiger partial charge in [-0.1, -0.05) is 6.07 Å². The number of likely N-dealkylation sites (tertiary alicyclic amines) is 1. The lowest BCUT2D eigenvalue weighted by atomic mass is 10.0. The SMILES string of the molecule is O=C(CN1CCOCC1)N1CCC(Cc2cccnc2)C1. The first kappa shape index (κ1) is 14.5. The highest BCUT2D eigenvalue weighted by Gasteiger charge is 2.27. The van der Waals surface area contributed by atoms with Crippen molar-refractivity contribution in [2.24, 2.45) is 5.92 Å². The average molecular weight is 289 g/mol. The maximum Gasteiger partial charge on any atom is 0.236 e. The molecule has 0 aliphatic carbocycles. The monoisotopic (exact) mass is 289 g/mol. The van der Waals surface area contributed by atoms with Crippen LogP contribution in [-0.2, 0) is 16.0 Å². The van der Waals surface area contributed by atoms with Crippen molar-refractivity contribution in [1.29, 1.82) is 0 Å². The summed E-state index contributed by atoms with van der Waals surface area (Å²) in [6, 6.07) is 4.09. The van der Waals surface area contributed by atoms with Gasteiger partial charge in [-0.05, 0) is 30.4 Å². The average Bonchev–Trinajstić information content (AvgIpc) is 2.98. The largest absolute Gasteiger partial charge is 0.379 e. The van der Waals surface area contributed by atoms with Gasteiger partial charge in [0.05, 0.1) is 19.8 Å². The molecule has 2 saturated heterocycles. The molecule has 0 N–H and O–H groups in total. The van der Waals surface area contributed by atoms with Gasteiger partial charge in [-0.3, -0.25) is 14.7 Å². The number of rotatable bonds is 4. The molecule has 1 aromatic rings. The van der Waals surface area contributed by atoms with E-state index in [9.17, 15) is 4.79 Å². The molecule has 1 amide bonds. The van der Waals surface area contributed by atoms with Crippen LogP contribution in [0, 0.1) is 5.92 Å². The highest BCUT2D eigenvalue weighted by Crippen LogP contribution is 2.20. The van der Waals surface area contributed by atoms with Gasteiger partial charge in [0, 0.05) is 38.6 Å². The summed E-state index contributed by atoms with van der Waals surface area (Å²) in [5, 5.41) is 0. The van der Waals surface area contributed by atoms with E-state index in [1.165, 1.54) is 5.56 Å². The number of pyridine rings is 1. The molecule has 0 aromatic carbocycles. The normalized spacial score (nSPS) is 23.4. The Bertz CT molecular complexity index is 460. The Morgan fingerprint density at radius 3 is 2.95 bits per heavy atom. The minimum Gasteiger partial charge on any atom is -0.379 e. The zero-order valence-electron chi connectivity index (χ0n) is 12.4. The van der Waals surface area contributed by atoms with Gasteiger partial charge in [-0.25, -0.2) is 0 Å². The number of aromatic nitrogens is 1. The molecule has 0 saturated carbocycles. The number of hydrogen-bond donors (Lipinski definition) is 0. The molecular weight excluding hydrogens is 266 g/mol. The maximum absolute atomic E-state index is 12.3. The summed E-state index contributed by atoms with van der Waals surface area (Å²) in [4.78, 5) is 20.7. The molecule has 0 spiro atoms. The number of amides is 1.